The van der Waals surface area contributed by atoms with E-state index in [2.05, 4.69) is 10.3 Å². The Labute approximate surface area is 147 Å². The molecule has 0 bridgehead atoms. The van der Waals surface area contributed by atoms with Gasteiger partial charge in [-0.3, -0.25) is 10.1 Å². The Balaban J connectivity index is 1.80. The zero-order valence-electron chi connectivity index (χ0n) is 12.7. The first-order valence-electron chi connectivity index (χ1n) is 7.13. The molecule has 0 aliphatic carbocycles. The van der Waals surface area contributed by atoms with E-state index in [0.717, 1.165) is 10.6 Å². The first kappa shape index (κ1) is 16.8. The van der Waals surface area contributed by atoms with Crippen LogP contribution in [0.25, 0.3) is 10.6 Å². The molecule has 0 saturated heterocycles. The van der Waals surface area contributed by atoms with Crippen molar-refractivity contribution in [3.05, 3.63) is 52.7 Å². The lowest BCUT2D eigenvalue weighted by atomic mass is 10.2. The number of amides is 1. The minimum absolute atomic E-state index is 0.00523. The summed E-state index contributed by atoms with van der Waals surface area (Å²) in [4.78, 5) is 17.9. The van der Waals surface area contributed by atoms with Crippen LogP contribution in [0, 0.1) is 0 Å². The maximum Gasteiger partial charge on any atom is 0.257 e. The Hall–Kier alpha value is -2.03. The number of thiophene rings is 1. The zero-order chi connectivity index (χ0) is 17.2. The molecular formula is C16H14N2O3S3. The first-order chi connectivity index (χ1) is 11.5. The molecule has 0 aliphatic heterocycles. The van der Waals surface area contributed by atoms with Crippen molar-refractivity contribution in [1.82, 2.24) is 4.98 Å². The monoisotopic (exact) mass is 378 g/mol. The van der Waals surface area contributed by atoms with Gasteiger partial charge in [0.1, 0.15) is 0 Å². The highest BCUT2D eigenvalue weighted by molar-refractivity contribution is 7.91. The highest BCUT2D eigenvalue weighted by Gasteiger charge is 2.15. The van der Waals surface area contributed by atoms with E-state index in [0.29, 0.717) is 5.13 Å². The fourth-order valence-electron chi connectivity index (χ4n) is 2.04. The van der Waals surface area contributed by atoms with Gasteiger partial charge in [-0.1, -0.05) is 19.1 Å². The summed E-state index contributed by atoms with van der Waals surface area (Å²) in [7, 11) is -3.34. The highest BCUT2D eigenvalue weighted by atomic mass is 32.2. The number of nitrogens with zero attached hydrogens (tertiary/aromatic N) is 1. The molecule has 3 rings (SSSR count). The Morgan fingerprint density at radius 1 is 1.21 bits per heavy atom. The average molecular weight is 378 g/mol. The van der Waals surface area contributed by atoms with Gasteiger partial charge in [0.15, 0.2) is 15.0 Å². The molecule has 0 fully saturated rings. The predicted octanol–water partition coefficient (Wildman–Crippen LogP) is 3.92. The number of rotatable bonds is 5. The van der Waals surface area contributed by atoms with Crippen molar-refractivity contribution in [2.24, 2.45) is 0 Å². The van der Waals surface area contributed by atoms with Gasteiger partial charge in [0.05, 0.1) is 21.2 Å². The summed E-state index contributed by atoms with van der Waals surface area (Å²) in [6.45, 7) is 1.57. The second kappa shape index (κ2) is 6.84. The Bertz CT molecular complexity index is 960. The molecule has 8 heteroatoms. The number of carbonyl (C=O) groups excluding carboxylic acids is 1. The number of carbonyl (C=O) groups is 1. The maximum atomic E-state index is 12.3. The molecule has 0 atom stereocenters. The van der Waals surface area contributed by atoms with E-state index < -0.39 is 9.84 Å². The molecule has 1 amide bonds. The number of nitrogens with one attached hydrogen (secondary N) is 1. The molecule has 0 radical (unpaired) electrons. The van der Waals surface area contributed by atoms with Gasteiger partial charge in [0.25, 0.3) is 5.91 Å². The van der Waals surface area contributed by atoms with Gasteiger partial charge in [-0.15, -0.1) is 22.7 Å². The molecule has 2 aromatic heterocycles. The van der Waals surface area contributed by atoms with Crippen molar-refractivity contribution in [3.8, 4) is 10.6 Å². The molecule has 3 aromatic rings. The number of aromatic nitrogens is 1. The van der Waals surface area contributed by atoms with Crippen LogP contribution in [0.15, 0.2) is 52.1 Å². The molecule has 1 N–H and O–H groups in total. The smallest absolute Gasteiger partial charge is 0.257 e. The van der Waals surface area contributed by atoms with Crippen molar-refractivity contribution in [3.63, 3.8) is 0 Å². The van der Waals surface area contributed by atoms with Crippen LogP contribution in [0.1, 0.15) is 17.3 Å². The quantitative estimate of drug-likeness (QED) is 0.730. The van der Waals surface area contributed by atoms with Gasteiger partial charge >= 0.3 is 0 Å². The number of hydrogen-bond acceptors (Lipinski definition) is 6. The minimum atomic E-state index is -3.34. The van der Waals surface area contributed by atoms with E-state index in [1.54, 1.807) is 30.4 Å². The number of sulfone groups is 1. The molecule has 124 valence electrons. The molecule has 2 heterocycles. The fourth-order valence-corrected chi connectivity index (χ4v) is 4.43. The zero-order valence-corrected chi connectivity index (χ0v) is 15.2. The van der Waals surface area contributed by atoms with Crippen molar-refractivity contribution in [2.75, 3.05) is 11.1 Å². The molecule has 0 aliphatic rings. The predicted molar refractivity (Wildman–Crippen MR) is 97.5 cm³/mol. The summed E-state index contributed by atoms with van der Waals surface area (Å²) in [6, 6.07) is 9.94. The highest BCUT2D eigenvalue weighted by Crippen LogP contribution is 2.28. The van der Waals surface area contributed by atoms with Crippen molar-refractivity contribution >= 4 is 43.5 Å². The van der Waals surface area contributed by atoms with Gasteiger partial charge in [-0.25, -0.2) is 13.4 Å². The van der Waals surface area contributed by atoms with Gasteiger partial charge in [-0.05, 0) is 29.6 Å². The van der Waals surface area contributed by atoms with Crippen LogP contribution in [0.2, 0.25) is 0 Å². The third kappa shape index (κ3) is 3.55. The lowest BCUT2D eigenvalue weighted by Gasteiger charge is -2.05. The molecule has 0 saturated carbocycles. The van der Waals surface area contributed by atoms with Crippen LogP contribution >= 0.6 is 22.7 Å². The van der Waals surface area contributed by atoms with Crippen molar-refractivity contribution < 1.29 is 13.2 Å². The van der Waals surface area contributed by atoms with Crippen LogP contribution in [0.4, 0.5) is 5.13 Å². The van der Waals surface area contributed by atoms with Gasteiger partial charge in [0.2, 0.25) is 0 Å². The van der Waals surface area contributed by atoms with Crippen molar-refractivity contribution in [1.29, 1.82) is 0 Å². The molecule has 5 nitrogen and oxygen atoms in total. The van der Waals surface area contributed by atoms with E-state index in [4.69, 9.17) is 0 Å². The minimum Gasteiger partial charge on any atom is -0.298 e. The molecular weight excluding hydrogens is 364 g/mol. The van der Waals surface area contributed by atoms with Gasteiger partial charge in [-0.2, -0.15) is 0 Å². The summed E-state index contributed by atoms with van der Waals surface area (Å²) in [5, 5.41) is 7.03. The summed E-state index contributed by atoms with van der Waals surface area (Å²) in [5.74, 6) is -0.385. The summed E-state index contributed by atoms with van der Waals surface area (Å²) in [5.41, 5.74) is 1.10. The van der Waals surface area contributed by atoms with Crippen LogP contribution < -0.4 is 5.32 Å². The van der Waals surface area contributed by atoms with E-state index in [1.807, 2.05) is 22.9 Å². The largest absolute Gasteiger partial charge is 0.298 e. The van der Waals surface area contributed by atoms with Crippen molar-refractivity contribution in [2.45, 2.75) is 11.8 Å². The maximum absolute atomic E-state index is 12.3. The van der Waals surface area contributed by atoms with Crippen LogP contribution in [0.5, 0.6) is 0 Å². The fraction of sp³-hybridized carbons (Fsp3) is 0.125. The lowest BCUT2D eigenvalue weighted by Crippen LogP contribution is -2.13. The van der Waals surface area contributed by atoms with E-state index in [1.165, 1.54) is 23.5 Å². The Morgan fingerprint density at radius 2 is 2.04 bits per heavy atom. The summed E-state index contributed by atoms with van der Waals surface area (Å²) < 4.78 is 23.9. The van der Waals surface area contributed by atoms with E-state index in [9.17, 15) is 13.2 Å². The summed E-state index contributed by atoms with van der Waals surface area (Å²) >= 11 is 2.91. The SMILES string of the molecule is CCS(=O)(=O)c1cccc(C(=O)Nc2nc(-c3cccs3)cs2)c1. The van der Waals surface area contributed by atoms with Crippen LogP contribution in [-0.2, 0) is 9.84 Å². The molecule has 0 spiro atoms. The lowest BCUT2D eigenvalue weighted by molar-refractivity contribution is 0.102. The topological polar surface area (TPSA) is 76.1 Å². The third-order valence-electron chi connectivity index (χ3n) is 3.33. The molecule has 0 unspecified atom stereocenters. The van der Waals surface area contributed by atoms with E-state index in [-0.39, 0.29) is 22.1 Å². The second-order valence-electron chi connectivity index (χ2n) is 4.90. The first-order valence-corrected chi connectivity index (χ1v) is 10.5. The Morgan fingerprint density at radius 3 is 2.75 bits per heavy atom. The third-order valence-corrected chi connectivity index (χ3v) is 6.72. The molecule has 24 heavy (non-hydrogen) atoms. The Kier molecular flexibility index (Phi) is 4.79. The second-order valence-corrected chi connectivity index (χ2v) is 8.98. The van der Waals surface area contributed by atoms with E-state index >= 15 is 0 Å². The van der Waals surface area contributed by atoms with Crippen LogP contribution in [0.3, 0.4) is 0 Å². The van der Waals surface area contributed by atoms with Gasteiger partial charge in [0, 0.05) is 10.9 Å². The number of anilines is 1. The normalized spacial score (nSPS) is 11.4. The number of benzene rings is 1. The van der Waals surface area contributed by atoms with Gasteiger partial charge < -0.3 is 0 Å². The number of hydrogen-bond donors (Lipinski definition) is 1. The standard InChI is InChI=1S/C16H14N2O3S3/c1-2-24(20,21)12-6-3-5-11(9-12)15(19)18-16-17-13(10-23-16)14-7-4-8-22-14/h3-10H,2H2,1H3,(H,17,18,19). The average Bonchev–Trinajstić information content (AvgIpc) is 3.26. The molecule has 1 aromatic carbocycles. The summed E-state index contributed by atoms with van der Waals surface area (Å²) in [6.07, 6.45) is 0. The number of thiazole rings is 1. The van der Waals surface area contributed by atoms with Crippen LogP contribution in [-0.4, -0.2) is 25.1 Å².